The number of anilines is 1. The van der Waals surface area contributed by atoms with Crippen molar-refractivity contribution in [3.63, 3.8) is 0 Å². The fourth-order valence-electron chi connectivity index (χ4n) is 3.39. The minimum Gasteiger partial charge on any atom is -0.493 e. The minimum absolute atomic E-state index is 0.463. The number of methoxy groups -OCH3 is 2. The van der Waals surface area contributed by atoms with E-state index in [1.54, 1.807) is 26.0 Å². The second kappa shape index (κ2) is 9.87. The number of aromatic nitrogens is 3. The van der Waals surface area contributed by atoms with E-state index in [2.05, 4.69) is 22.4 Å². The van der Waals surface area contributed by atoms with E-state index >= 15 is 0 Å². The molecule has 162 valence electrons. The molecular formula is C23H26N4O3S. The SMILES string of the molecule is CCCCCSc1nnc2c(n1)O[C@@H](c1ccc(OC)c(OC)c1)Nc1ccccc1-2. The Morgan fingerprint density at radius 2 is 1.87 bits per heavy atom. The van der Waals surface area contributed by atoms with Crippen LogP contribution in [0, 0.1) is 0 Å². The maximum Gasteiger partial charge on any atom is 0.247 e. The highest BCUT2D eigenvalue weighted by Crippen LogP contribution is 2.40. The van der Waals surface area contributed by atoms with Gasteiger partial charge >= 0.3 is 0 Å². The Labute approximate surface area is 186 Å². The van der Waals surface area contributed by atoms with Gasteiger partial charge in [-0.2, -0.15) is 4.98 Å². The van der Waals surface area contributed by atoms with E-state index in [1.165, 1.54) is 12.8 Å². The number of unbranched alkanes of at least 4 members (excludes halogenated alkanes) is 2. The molecule has 1 atom stereocenters. The monoisotopic (exact) mass is 438 g/mol. The Morgan fingerprint density at radius 1 is 1.03 bits per heavy atom. The van der Waals surface area contributed by atoms with E-state index in [0.29, 0.717) is 28.2 Å². The third-order valence-corrected chi connectivity index (χ3v) is 5.95. The van der Waals surface area contributed by atoms with Gasteiger partial charge in [0.1, 0.15) is 0 Å². The van der Waals surface area contributed by atoms with Crippen LogP contribution in [0.3, 0.4) is 0 Å². The number of rotatable bonds is 8. The standard InChI is InChI=1S/C23H26N4O3S/c1-4-5-8-13-31-23-25-22-20(26-27-23)16-9-6-7-10-17(16)24-21(30-22)15-11-12-18(28-2)19(14-15)29-3/h6-7,9-12,14,21,24H,4-5,8,13H2,1-3H3/t21-/m0/s1. The van der Waals surface area contributed by atoms with Crippen molar-refractivity contribution in [1.29, 1.82) is 0 Å². The molecule has 7 nitrogen and oxygen atoms in total. The number of para-hydroxylation sites is 1. The summed E-state index contributed by atoms with van der Waals surface area (Å²) in [5, 5.41) is 12.9. The zero-order valence-corrected chi connectivity index (χ0v) is 18.7. The van der Waals surface area contributed by atoms with Crippen molar-refractivity contribution in [3.8, 4) is 28.6 Å². The summed E-state index contributed by atoms with van der Waals surface area (Å²) in [6, 6.07) is 13.6. The molecule has 0 unspecified atom stereocenters. The number of hydrogen-bond donors (Lipinski definition) is 1. The Hall–Kier alpha value is -3.00. The van der Waals surface area contributed by atoms with Crippen LogP contribution in [-0.2, 0) is 0 Å². The Kier molecular flexibility index (Phi) is 6.76. The molecular weight excluding hydrogens is 412 g/mol. The van der Waals surface area contributed by atoms with Crippen molar-refractivity contribution in [2.45, 2.75) is 37.6 Å². The smallest absolute Gasteiger partial charge is 0.247 e. The summed E-state index contributed by atoms with van der Waals surface area (Å²) >= 11 is 1.61. The zero-order chi connectivity index (χ0) is 21.6. The van der Waals surface area contributed by atoms with Crippen molar-refractivity contribution >= 4 is 17.4 Å². The van der Waals surface area contributed by atoms with Crippen molar-refractivity contribution in [2.75, 3.05) is 25.3 Å². The quantitative estimate of drug-likeness (QED) is 0.373. The number of nitrogens with zero attached hydrogens (tertiary/aromatic N) is 3. The van der Waals surface area contributed by atoms with Gasteiger partial charge in [0, 0.05) is 22.6 Å². The number of thioether (sulfide) groups is 1. The summed E-state index contributed by atoms with van der Waals surface area (Å²) in [5.74, 6) is 2.72. The highest BCUT2D eigenvalue weighted by Gasteiger charge is 2.26. The maximum atomic E-state index is 6.33. The second-order valence-electron chi connectivity index (χ2n) is 7.11. The molecule has 4 rings (SSSR count). The van der Waals surface area contributed by atoms with Crippen molar-refractivity contribution in [2.24, 2.45) is 0 Å². The zero-order valence-electron chi connectivity index (χ0n) is 17.9. The largest absolute Gasteiger partial charge is 0.493 e. The molecule has 1 aliphatic heterocycles. The number of ether oxygens (including phenoxy) is 3. The maximum absolute atomic E-state index is 6.33. The normalized spacial score (nSPS) is 14.5. The summed E-state index contributed by atoms with van der Waals surface area (Å²) in [6.45, 7) is 2.19. The van der Waals surface area contributed by atoms with E-state index in [0.717, 1.165) is 29.0 Å². The molecule has 0 aliphatic carbocycles. The van der Waals surface area contributed by atoms with Crippen LogP contribution in [0.15, 0.2) is 47.6 Å². The van der Waals surface area contributed by atoms with Gasteiger partial charge < -0.3 is 19.5 Å². The first kappa shape index (κ1) is 21.2. The molecule has 8 heteroatoms. The van der Waals surface area contributed by atoms with Gasteiger partial charge in [0.25, 0.3) is 0 Å². The predicted molar refractivity (Wildman–Crippen MR) is 122 cm³/mol. The molecule has 0 radical (unpaired) electrons. The number of hydrogen-bond acceptors (Lipinski definition) is 8. The summed E-state index contributed by atoms with van der Waals surface area (Å²) in [7, 11) is 3.24. The van der Waals surface area contributed by atoms with Gasteiger partial charge in [0.05, 0.1) is 14.2 Å². The van der Waals surface area contributed by atoms with Gasteiger partial charge in [-0.05, 0) is 30.7 Å². The fourth-order valence-corrected chi connectivity index (χ4v) is 4.17. The molecule has 0 bridgehead atoms. The molecule has 1 aliphatic rings. The minimum atomic E-state index is -0.475. The third-order valence-electron chi connectivity index (χ3n) is 5.02. The Balaban J connectivity index is 1.69. The lowest BCUT2D eigenvalue weighted by molar-refractivity contribution is 0.224. The van der Waals surface area contributed by atoms with Crippen LogP contribution in [0.2, 0.25) is 0 Å². The third kappa shape index (κ3) is 4.69. The molecule has 0 spiro atoms. The highest BCUT2D eigenvalue weighted by atomic mass is 32.2. The van der Waals surface area contributed by atoms with E-state index in [9.17, 15) is 0 Å². The summed E-state index contributed by atoms with van der Waals surface area (Å²) in [5.41, 5.74) is 3.32. The fraction of sp³-hybridized carbons (Fsp3) is 0.348. The second-order valence-corrected chi connectivity index (χ2v) is 8.17. The van der Waals surface area contributed by atoms with Gasteiger partial charge in [-0.1, -0.05) is 49.7 Å². The number of fused-ring (bicyclic) bond motifs is 3. The van der Waals surface area contributed by atoms with Crippen molar-refractivity contribution in [3.05, 3.63) is 48.0 Å². The molecule has 2 heterocycles. The van der Waals surface area contributed by atoms with Gasteiger partial charge in [-0.25, -0.2) is 0 Å². The molecule has 3 aromatic rings. The van der Waals surface area contributed by atoms with Crippen LogP contribution in [0.1, 0.15) is 38.0 Å². The Morgan fingerprint density at radius 3 is 2.68 bits per heavy atom. The number of nitrogens with one attached hydrogen (secondary N) is 1. The summed E-state index contributed by atoms with van der Waals surface area (Å²) < 4.78 is 17.2. The van der Waals surface area contributed by atoms with E-state index in [4.69, 9.17) is 19.2 Å². The molecule has 1 N–H and O–H groups in total. The van der Waals surface area contributed by atoms with Crippen molar-refractivity contribution in [1.82, 2.24) is 15.2 Å². The first-order valence-corrected chi connectivity index (χ1v) is 11.3. The van der Waals surface area contributed by atoms with Crippen LogP contribution in [0.4, 0.5) is 5.69 Å². The molecule has 0 amide bonds. The summed E-state index contributed by atoms with van der Waals surface area (Å²) in [4.78, 5) is 4.69. The van der Waals surface area contributed by atoms with Crippen LogP contribution in [0.5, 0.6) is 17.4 Å². The Bertz CT molecular complexity index is 1050. The van der Waals surface area contributed by atoms with Gasteiger partial charge in [0.2, 0.25) is 11.0 Å². The van der Waals surface area contributed by atoms with Crippen molar-refractivity contribution < 1.29 is 14.2 Å². The van der Waals surface area contributed by atoms with E-state index < -0.39 is 6.23 Å². The first-order chi connectivity index (χ1) is 15.2. The predicted octanol–water partition coefficient (Wildman–Crippen LogP) is 5.34. The van der Waals surface area contributed by atoms with Gasteiger partial charge in [-0.15, -0.1) is 10.2 Å². The van der Waals surface area contributed by atoms with E-state index in [1.807, 2.05) is 42.5 Å². The lowest BCUT2D eigenvalue weighted by Gasteiger charge is -2.20. The molecule has 31 heavy (non-hydrogen) atoms. The van der Waals surface area contributed by atoms with Gasteiger partial charge in [0.15, 0.2) is 23.4 Å². The molecule has 0 fully saturated rings. The lowest BCUT2D eigenvalue weighted by Crippen LogP contribution is -2.17. The topological polar surface area (TPSA) is 78.4 Å². The first-order valence-electron chi connectivity index (χ1n) is 10.4. The molecule has 0 saturated carbocycles. The van der Waals surface area contributed by atoms with Crippen LogP contribution >= 0.6 is 11.8 Å². The number of benzene rings is 2. The van der Waals surface area contributed by atoms with Crippen LogP contribution in [-0.4, -0.2) is 35.2 Å². The molecule has 1 aromatic heterocycles. The summed E-state index contributed by atoms with van der Waals surface area (Å²) in [6.07, 6.45) is 3.03. The molecule has 0 saturated heterocycles. The van der Waals surface area contributed by atoms with E-state index in [-0.39, 0.29) is 0 Å². The highest BCUT2D eigenvalue weighted by molar-refractivity contribution is 7.99. The van der Waals surface area contributed by atoms with Crippen LogP contribution < -0.4 is 19.5 Å². The van der Waals surface area contributed by atoms with Gasteiger partial charge in [-0.3, -0.25) is 0 Å². The lowest BCUT2D eigenvalue weighted by atomic mass is 10.1. The average Bonchev–Trinajstić information content (AvgIpc) is 2.98. The molecule has 2 aromatic carbocycles. The van der Waals surface area contributed by atoms with Crippen LogP contribution in [0.25, 0.3) is 11.3 Å². The average molecular weight is 439 g/mol.